The number of ether oxygens (including phenoxy) is 1. The molecule has 0 unspecified atom stereocenters. The summed E-state index contributed by atoms with van der Waals surface area (Å²) >= 11 is -0.258. The first kappa shape index (κ1) is 16.7. The van der Waals surface area contributed by atoms with Gasteiger partial charge in [0.1, 0.15) is 0 Å². The molecule has 0 aromatic heterocycles. The molecular formula is C19H20IO2+. The van der Waals surface area contributed by atoms with Gasteiger partial charge in [-0.3, -0.25) is 4.79 Å². The average molecular weight is 407 g/mol. The van der Waals surface area contributed by atoms with Gasteiger partial charge < -0.3 is 4.74 Å². The maximum atomic E-state index is 11.2. The number of hydrogen-bond acceptors (Lipinski definition) is 2. The second-order valence-electron chi connectivity index (χ2n) is 4.91. The lowest BCUT2D eigenvalue weighted by Crippen LogP contribution is -3.59. The van der Waals surface area contributed by atoms with Crippen LogP contribution in [0.25, 0.3) is 0 Å². The van der Waals surface area contributed by atoms with Crippen molar-refractivity contribution in [3.63, 3.8) is 0 Å². The topological polar surface area (TPSA) is 26.3 Å². The van der Waals surface area contributed by atoms with E-state index in [1.54, 1.807) is 0 Å². The Balaban J connectivity index is 1.89. The zero-order valence-corrected chi connectivity index (χ0v) is 14.8. The van der Waals surface area contributed by atoms with Gasteiger partial charge in [0.05, 0.1) is 0 Å². The number of benzene rings is 2. The lowest BCUT2D eigenvalue weighted by molar-refractivity contribution is -0.558. The van der Waals surface area contributed by atoms with Crippen molar-refractivity contribution >= 4 is 5.97 Å². The SMILES string of the molecule is CC(=O)O/C(=C\[I+]c1ccccc1)CCCc1ccccc1. The van der Waals surface area contributed by atoms with Crippen molar-refractivity contribution in [3.05, 3.63) is 79.6 Å². The summed E-state index contributed by atoms with van der Waals surface area (Å²) in [6.45, 7) is 1.46. The van der Waals surface area contributed by atoms with Crippen LogP contribution in [0.2, 0.25) is 0 Å². The first-order chi connectivity index (χ1) is 10.7. The highest BCUT2D eigenvalue weighted by Gasteiger charge is 2.12. The molecule has 0 aliphatic heterocycles. The fraction of sp³-hybridized carbons (Fsp3) is 0.211. The van der Waals surface area contributed by atoms with Gasteiger partial charge in [-0.25, -0.2) is 0 Å². The van der Waals surface area contributed by atoms with E-state index in [1.807, 2.05) is 24.3 Å². The van der Waals surface area contributed by atoms with E-state index in [-0.39, 0.29) is 27.2 Å². The highest BCUT2D eigenvalue weighted by atomic mass is 127. The number of rotatable bonds is 7. The zero-order chi connectivity index (χ0) is 15.6. The quantitative estimate of drug-likeness (QED) is 0.394. The minimum Gasteiger partial charge on any atom is -0.427 e. The summed E-state index contributed by atoms with van der Waals surface area (Å²) in [4.78, 5) is 11.2. The Labute approximate surface area is 142 Å². The molecule has 0 atom stereocenters. The lowest BCUT2D eigenvalue weighted by atomic mass is 10.1. The molecule has 0 spiro atoms. The van der Waals surface area contributed by atoms with Crippen molar-refractivity contribution in [2.45, 2.75) is 26.2 Å². The van der Waals surface area contributed by atoms with E-state index in [0.29, 0.717) is 0 Å². The number of hydrogen-bond donors (Lipinski definition) is 0. The van der Waals surface area contributed by atoms with Gasteiger partial charge in [-0.05, 0) is 30.5 Å². The third-order valence-corrected chi connectivity index (χ3v) is 5.49. The standard InChI is InChI=1S/C19H20IO2/c1-16(21)22-19(15-20-18-12-6-3-7-13-18)14-8-11-17-9-4-2-5-10-17/h2-7,9-10,12-13,15H,8,11,14H2,1H3/q+1/b19-15-. The molecule has 0 amide bonds. The van der Waals surface area contributed by atoms with Crippen molar-refractivity contribution < 1.29 is 30.7 Å². The van der Waals surface area contributed by atoms with E-state index in [0.717, 1.165) is 25.0 Å². The largest absolute Gasteiger partial charge is 0.427 e. The van der Waals surface area contributed by atoms with Crippen LogP contribution in [0.3, 0.4) is 0 Å². The molecule has 0 saturated carbocycles. The van der Waals surface area contributed by atoms with E-state index >= 15 is 0 Å². The monoisotopic (exact) mass is 407 g/mol. The summed E-state index contributed by atoms with van der Waals surface area (Å²) in [6, 6.07) is 20.8. The number of allylic oxidation sites excluding steroid dienone is 1. The molecule has 2 aromatic rings. The fourth-order valence-corrected chi connectivity index (χ4v) is 4.01. The average Bonchev–Trinajstić information content (AvgIpc) is 2.54. The molecule has 0 aliphatic carbocycles. The van der Waals surface area contributed by atoms with Crippen LogP contribution in [0.4, 0.5) is 0 Å². The van der Waals surface area contributed by atoms with E-state index in [2.05, 4.69) is 40.5 Å². The maximum absolute atomic E-state index is 11.2. The normalized spacial score (nSPS) is 11.2. The first-order valence-electron chi connectivity index (χ1n) is 7.34. The lowest BCUT2D eigenvalue weighted by Gasteiger charge is -2.04. The predicted molar refractivity (Wildman–Crippen MR) is 84.4 cm³/mol. The minimum atomic E-state index is -0.258. The summed E-state index contributed by atoms with van der Waals surface area (Å²) in [7, 11) is 0. The van der Waals surface area contributed by atoms with Crippen molar-refractivity contribution in [2.24, 2.45) is 0 Å². The van der Waals surface area contributed by atoms with Crippen LogP contribution < -0.4 is 21.2 Å². The Morgan fingerprint density at radius 1 is 1.05 bits per heavy atom. The van der Waals surface area contributed by atoms with E-state index in [4.69, 9.17) is 4.74 Å². The molecule has 3 heteroatoms. The van der Waals surface area contributed by atoms with Gasteiger partial charge in [0.15, 0.2) is 13.4 Å². The van der Waals surface area contributed by atoms with Gasteiger partial charge >= 0.3 is 27.2 Å². The summed E-state index contributed by atoms with van der Waals surface area (Å²) in [5.74, 6) is 0.586. The zero-order valence-electron chi connectivity index (χ0n) is 12.7. The van der Waals surface area contributed by atoms with Gasteiger partial charge in [-0.15, -0.1) is 0 Å². The predicted octanol–water partition coefficient (Wildman–Crippen LogP) is 1.37. The van der Waals surface area contributed by atoms with Crippen LogP contribution in [0.5, 0.6) is 0 Å². The second-order valence-corrected chi connectivity index (χ2v) is 7.40. The maximum Gasteiger partial charge on any atom is 0.353 e. The van der Waals surface area contributed by atoms with Gasteiger partial charge in [0.2, 0.25) is 0 Å². The Bertz CT molecular complexity index is 606. The molecule has 0 aliphatic rings. The van der Waals surface area contributed by atoms with Crippen molar-refractivity contribution in [1.29, 1.82) is 0 Å². The smallest absolute Gasteiger partial charge is 0.353 e. The molecule has 0 heterocycles. The van der Waals surface area contributed by atoms with E-state index in [1.165, 1.54) is 16.1 Å². The number of carbonyl (C=O) groups is 1. The number of carbonyl (C=O) groups excluding carboxylic acids is 1. The molecule has 0 radical (unpaired) electrons. The molecular weight excluding hydrogens is 387 g/mol. The fourth-order valence-electron chi connectivity index (χ4n) is 2.04. The van der Waals surface area contributed by atoms with Crippen molar-refractivity contribution in [2.75, 3.05) is 0 Å². The van der Waals surface area contributed by atoms with Gasteiger partial charge in [-0.2, -0.15) is 0 Å². The van der Waals surface area contributed by atoms with Crippen LogP contribution in [-0.2, 0) is 16.0 Å². The molecule has 0 bridgehead atoms. The molecule has 0 saturated heterocycles. The first-order valence-corrected chi connectivity index (χ1v) is 9.66. The number of aryl methyl sites for hydroxylation is 1. The number of halogens is 1. The molecule has 22 heavy (non-hydrogen) atoms. The van der Waals surface area contributed by atoms with Crippen LogP contribution in [0.15, 0.2) is 70.5 Å². The summed E-state index contributed by atoms with van der Waals surface area (Å²) in [5.41, 5.74) is 1.32. The number of esters is 1. The van der Waals surface area contributed by atoms with E-state index in [9.17, 15) is 4.79 Å². The van der Waals surface area contributed by atoms with Crippen molar-refractivity contribution in [1.82, 2.24) is 0 Å². The van der Waals surface area contributed by atoms with Gasteiger partial charge in [-0.1, -0.05) is 48.5 Å². The molecule has 2 rings (SSSR count). The Kier molecular flexibility index (Phi) is 7.16. The van der Waals surface area contributed by atoms with Crippen LogP contribution in [-0.4, -0.2) is 5.97 Å². The van der Waals surface area contributed by atoms with Gasteiger partial charge in [0, 0.05) is 13.3 Å². The minimum absolute atomic E-state index is 0.233. The summed E-state index contributed by atoms with van der Waals surface area (Å²) in [5, 5.41) is 0. The molecule has 2 nitrogen and oxygen atoms in total. The highest BCUT2D eigenvalue weighted by molar-refractivity contribution is 5.67. The Morgan fingerprint density at radius 3 is 2.32 bits per heavy atom. The van der Waals surface area contributed by atoms with Crippen LogP contribution >= 0.6 is 0 Å². The summed E-state index contributed by atoms with van der Waals surface area (Å²) < 4.78 is 8.81. The summed E-state index contributed by atoms with van der Waals surface area (Å²) in [6.07, 6.45) is 2.80. The molecule has 2 aromatic carbocycles. The highest BCUT2D eigenvalue weighted by Crippen LogP contribution is 2.10. The third kappa shape index (κ3) is 6.43. The molecule has 0 fully saturated rings. The Morgan fingerprint density at radius 2 is 1.68 bits per heavy atom. The molecule has 0 N–H and O–H groups in total. The van der Waals surface area contributed by atoms with Crippen molar-refractivity contribution in [3.8, 4) is 0 Å². The third-order valence-electron chi connectivity index (χ3n) is 3.04. The van der Waals surface area contributed by atoms with Crippen LogP contribution in [0.1, 0.15) is 25.3 Å². The van der Waals surface area contributed by atoms with Crippen LogP contribution in [0, 0.1) is 3.57 Å². The second kappa shape index (κ2) is 9.41. The van der Waals surface area contributed by atoms with E-state index < -0.39 is 0 Å². The van der Waals surface area contributed by atoms with Gasteiger partial charge in [0.25, 0.3) is 0 Å². The Hall–Kier alpha value is -1.62. The molecule has 114 valence electrons.